The van der Waals surface area contributed by atoms with E-state index >= 15 is 0 Å². The predicted molar refractivity (Wildman–Crippen MR) is 123 cm³/mol. The summed E-state index contributed by atoms with van der Waals surface area (Å²) in [4.78, 5) is 40.7. The van der Waals surface area contributed by atoms with Gasteiger partial charge in [-0.25, -0.2) is 0 Å². The number of carbonyl (C=O) groups is 3. The monoisotopic (exact) mass is 448 g/mol. The molecular weight excluding hydrogens is 420 g/mol. The summed E-state index contributed by atoms with van der Waals surface area (Å²) in [5, 5.41) is 23.1. The van der Waals surface area contributed by atoms with Gasteiger partial charge in [0.2, 0.25) is 11.8 Å². The van der Waals surface area contributed by atoms with Gasteiger partial charge in [0.1, 0.15) is 11.3 Å². The van der Waals surface area contributed by atoms with Crippen molar-refractivity contribution in [2.75, 3.05) is 6.54 Å². The number of carbonyl (C=O) groups excluding carboxylic acids is 2. The number of hydrogen-bond donors (Lipinski definition) is 3. The van der Waals surface area contributed by atoms with Crippen LogP contribution in [0.4, 0.5) is 0 Å². The van der Waals surface area contributed by atoms with Crippen molar-refractivity contribution in [3.05, 3.63) is 71.8 Å². The molecule has 4 unspecified atom stereocenters. The topological polar surface area (TPSA) is 107 Å². The molecule has 4 rings (SSSR count). The van der Waals surface area contributed by atoms with E-state index in [1.165, 1.54) is 17.0 Å². The minimum Gasteiger partial charge on any atom is -0.508 e. The van der Waals surface area contributed by atoms with Crippen LogP contribution in [0.5, 0.6) is 5.75 Å². The summed E-state index contributed by atoms with van der Waals surface area (Å²) in [6.45, 7) is 2.27. The van der Waals surface area contributed by atoms with E-state index < -0.39 is 35.3 Å². The molecule has 2 aliphatic heterocycles. The lowest BCUT2D eigenvalue weighted by Gasteiger charge is -2.31. The van der Waals surface area contributed by atoms with E-state index in [1.807, 2.05) is 43.3 Å². The van der Waals surface area contributed by atoms with Crippen molar-refractivity contribution >= 4 is 23.9 Å². The highest BCUT2D eigenvalue weighted by molar-refractivity contribution is 6.09. The van der Waals surface area contributed by atoms with Gasteiger partial charge in [0.25, 0.3) is 0 Å². The molecule has 3 N–H and O–H groups in total. The second-order valence-corrected chi connectivity index (χ2v) is 8.74. The van der Waals surface area contributed by atoms with Crippen LogP contribution in [0.2, 0.25) is 0 Å². The zero-order valence-corrected chi connectivity index (χ0v) is 18.5. The largest absolute Gasteiger partial charge is 0.508 e. The van der Waals surface area contributed by atoms with Crippen molar-refractivity contribution in [2.45, 2.75) is 37.8 Å². The van der Waals surface area contributed by atoms with Gasteiger partial charge in [0.15, 0.2) is 0 Å². The molecule has 0 aliphatic carbocycles. The third-order valence-corrected chi connectivity index (χ3v) is 6.62. The molecule has 0 bridgehead atoms. The van der Waals surface area contributed by atoms with Crippen LogP contribution in [0.3, 0.4) is 0 Å². The van der Waals surface area contributed by atoms with Crippen LogP contribution in [0.15, 0.2) is 60.7 Å². The summed E-state index contributed by atoms with van der Waals surface area (Å²) in [6, 6.07) is 15.2. The molecule has 33 heavy (non-hydrogen) atoms. The van der Waals surface area contributed by atoms with Crippen molar-refractivity contribution in [3.63, 3.8) is 0 Å². The molecular formula is C26H28N2O5. The number of unbranched alkanes of at least 4 members (excludes halogenated alkanes) is 1. The smallest absolute Gasteiger partial charge is 0.325 e. The number of amides is 2. The van der Waals surface area contributed by atoms with Crippen molar-refractivity contribution in [3.8, 4) is 5.75 Å². The Kier molecular flexibility index (Phi) is 6.33. The number of phenolic OH excluding ortho intramolecular Hbond substituents is 1. The van der Waals surface area contributed by atoms with E-state index in [9.17, 15) is 24.6 Å². The molecule has 2 aliphatic rings. The van der Waals surface area contributed by atoms with E-state index in [2.05, 4.69) is 5.32 Å². The molecule has 7 heteroatoms. The molecule has 2 aromatic rings. The molecule has 4 atom stereocenters. The van der Waals surface area contributed by atoms with E-state index in [-0.39, 0.29) is 18.1 Å². The highest BCUT2D eigenvalue weighted by atomic mass is 16.4. The lowest BCUT2D eigenvalue weighted by Crippen LogP contribution is -2.58. The van der Waals surface area contributed by atoms with Gasteiger partial charge in [0.05, 0.1) is 11.8 Å². The maximum Gasteiger partial charge on any atom is 0.325 e. The van der Waals surface area contributed by atoms with Gasteiger partial charge in [-0.3, -0.25) is 24.6 Å². The summed E-state index contributed by atoms with van der Waals surface area (Å²) in [6.07, 6.45) is 5.15. The van der Waals surface area contributed by atoms with Gasteiger partial charge in [-0.05, 0) is 29.7 Å². The maximum absolute atomic E-state index is 13.4. The minimum absolute atomic E-state index is 0.0140. The number of nitrogens with zero attached hydrogens (tertiary/aromatic N) is 1. The Balaban J connectivity index is 1.74. The fourth-order valence-corrected chi connectivity index (χ4v) is 4.96. The number of fused-ring (bicyclic) bond motifs is 1. The van der Waals surface area contributed by atoms with Crippen LogP contribution in [0.25, 0.3) is 6.08 Å². The van der Waals surface area contributed by atoms with Gasteiger partial charge in [-0.15, -0.1) is 0 Å². The number of rotatable bonds is 8. The predicted octanol–water partition coefficient (Wildman–Crippen LogP) is 2.84. The Morgan fingerprint density at radius 3 is 2.42 bits per heavy atom. The van der Waals surface area contributed by atoms with Crippen LogP contribution in [-0.4, -0.2) is 51.0 Å². The maximum atomic E-state index is 13.4. The molecule has 0 saturated carbocycles. The number of aliphatic carboxylic acids is 1. The van der Waals surface area contributed by atoms with Crippen molar-refractivity contribution < 1.29 is 24.6 Å². The van der Waals surface area contributed by atoms with E-state index in [1.54, 1.807) is 18.2 Å². The van der Waals surface area contributed by atoms with Crippen molar-refractivity contribution in [2.24, 2.45) is 11.8 Å². The summed E-state index contributed by atoms with van der Waals surface area (Å²) >= 11 is 0. The van der Waals surface area contributed by atoms with Crippen molar-refractivity contribution in [1.82, 2.24) is 10.2 Å². The number of likely N-dealkylation sites (tertiary alicyclic amines) is 1. The van der Waals surface area contributed by atoms with Gasteiger partial charge in [-0.1, -0.05) is 68.0 Å². The number of hydrogen-bond acceptors (Lipinski definition) is 5. The van der Waals surface area contributed by atoms with E-state index in [0.717, 1.165) is 12.0 Å². The van der Waals surface area contributed by atoms with Crippen molar-refractivity contribution in [1.29, 1.82) is 0 Å². The molecule has 2 heterocycles. The quantitative estimate of drug-likeness (QED) is 0.536. The number of imide groups is 1. The second-order valence-electron chi connectivity index (χ2n) is 8.74. The number of carboxylic acids is 1. The molecule has 0 spiro atoms. The third kappa shape index (κ3) is 4.16. The summed E-state index contributed by atoms with van der Waals surface area (Å²) in [5.41, 5.74) is -0.0654. The standard InChI is InChI=1S/C26H28N2O5/c1-2-3-15-28-23(30)21-20(14-11-17-7-5-4-6-8-17)27-26(25(32)33,22(21)24(28)31)16-18-9-12-19(29)13-10-18/h4-14,20-22,27,29H,2-3,15-16H2,1H3,(H,32,33)/b14-11+. The Labute approximate surface area is 192 Å². The number of benzene rings is 2. The molecule has 172 valence electrons. The Hall–Kier alpha value is -3.45. The highest BCUT2D eigenvalue weighted by Crippen LogP contribution is 2.45. The molecule has 0 aromatic heterocycles. The third-order valence-electron chi connectivity index (χ3n) is 6.62. The van der Waals surface area contributed by atoms with Crippen LogP contribution >= 0.6 is 0 Å². The minimum atomic E-state index is -1.64. The van der Waals surface area contributed by atoms with Gasteiger partial charge < -0.3 is 10.2 Å². The zero-order chi connectivity index (χ0) is 23.6. The van der Waals surface area contributed by atoms with E-state index in [4.69, 9.17) is 0 Å². The molecule has 2 saturated heterocycles. The Bertz CT molecular complexity index is 1070. The first-order chi connectivity index (χ1) is 15.9. The lowest BCUT2D eigenvalue weighted by molar-refractivity contribution is -0.151. The average molecular weight is 449 g/mol. The fraction of sp³-hybridized carbons (Fsp3) is 0.346. The molecule has 2 aromatic carbocycles. The summed E-state index contributed by atoms with van der Waals surface area (Å²) in [5.74, 6) is -3.65. The Morgan fingerprint density at radius 1 is 1.09 bits per heavy atom. The van der Waals surface area contributed by atoms with Gasteiger partial charge in [-0.2, -0.15) is 0 Å². The summed E-state index contributed by atoms with van der Waals surface area (Å²) in [7, 11) is 0. The number of carboxylic acid groups (broad SMARTS) is 1. The zero-order valence-electron chi connectivity index (χ0n) is 18.5. The highest BCUT2D eigenvalue weighted by Gasteiger charge is 2.67. The van der Waals surface area contributed by atoms with E-state index in [0.29, 0.717) is 18.5 Å². The average Bonchev–Trinajstić information content (AvgIpc) is 3.27. The van der Waals surface area contributed by atoms with Crippen LogP contribution in [0.1, 0.15) is 30.9 Å². The molecule has 2 amide bonds. The molecule has 7 nitrogen and oxygen atoms in total. The lowest BCUT2D eigenvalue weighted by atomic mass is 9.76. The SMILES string of the molecule is CCCCN1C(=O)C2C(/C=C/c3ccccc3)NC(Cc3ccc(O)cc3)(C(=O)O)C2C1=O. The van der Waals surface area contributed by atoms with Crippen LogP contribution < -0.4 is 5.32 Å². The second kappa shape index (κ2) is 9.19. The number of nitrogens with one attached hydrogen (secondary N) is 1. The van der Waals surface area contributed by atoms with Gasteiger partial charge >= 0.3 is 5.97 Å². The van der Waals surface area contributed by atoms with Crippen LogP contribution in [-0.2, 0) is 20.8 Å². The first-order valence-corrected chi connectivity index (χ1v) is 11.2. The normalized spacial score (nSPS) is 26.8. The molecule has 0 radical (unpaired) electrons. The first-order valence-electron chi connectivity index (χ1n) is 11.2. The first kappa shape index (κ1) is 22.7. The summed E-state index contributed by atoms with van der Waals surface area (Å²) < 4.78 is 0. The number of aromatic hydroxyl groups is 1. The molecule has 2 fully saturated rings. The van der Waals surface area contributed by atoms with Crippen LogP contribution in [0, 0.1) is 11.8 Å². The fourth-order valence-electron chi connectivity index (χ4n) is 4.96. The Morgan fingerprint density at radius 2 is 1.79 bits per heavy atom. The number of phenols is 1. The van der Waals surface area contributed by atoms with Gasteiger partial charge in [0, 0.05) is 19.0 Å².